The molecule has 22 heavy (non-hydrogen) atoms. The lowest BCUT2D eigenvalue weighted by atomic mass is 9.80. The molecule has 2 aromatic rings. The minimum atomic E-state index is -0.0403. The minimum Gasteiger partial charge on any atom is -0.493 e. The van der Waals surface area contributed by atoms with Gasteiger partial charge in [0.2, 0.25) is 0 Å². The van der Waals surface area contributed by atoms with Gasteiger partial charge in [-0.25, -0.2) is 4.99 Å². The van der Waals surface area contributed by atoms with Crippen molar-refractivity contribution >= 4 is 44.6 Å². The van der Waals surface area contributed by atoms with Gasteiger partial charge in [0.1, 0.15) is 5.75 Å². The van der Waals surface area contributed by atoms with Gasteiger partial charge in [-0.3, -0.25) is 4.79 Å². The summed E-state index contributed by atoms with van der Waals surface area (Å²) in [4.78, 5) is 16.0. The lowest BCUT2D eigenvalue weighted by Crippen LogP contribution is -2.39. The summed E-state index contributed by atoms with van der Waals surface area (Å²) >= 11 is 3.12. The topological polar surface area (TPSA) is 38.7 Å². The second kappa shape index (κ2) is 4.77. The van der Waals surface area contributed by atoms with Crippen molar-refractivity contribution in [2.45, 2.75) is 11.2 Å². The third-order valence-corrected chi connectivity index (χ3v) is 7.12. The summed E-state index contributed by atoms with van der Waals surface area (Å²) in [6, 6.07) is 12.6. The Kier molecular flexibility index (Phi) is 2.82. The SMILES string of the molecule is O=C1N=C2SCC3COc4ccc5ccccc5c4C3C2S1. The number of rotatable bonds is 0. The van der Waals surface area contributed by atoms with Crippen molar-refractivity contribution in [2.24, 2.45) is 10.9 Å². The van der Waals surface area contributed by atoms with Crippen LogP contribution in [-0.4, -0.2) is 27.9 Å². The third kappa shape index (κ3) is 1.78. The van der Waals surface area contributed by atoms with Gasteiger partial charge in [0.05, 0.1) is 16.9 Å². The van der Waals surface area contributed by atoms with Gasteiger partial charge >= 0.3 is 5.24 Å². The first-order valence-corrected chi connectivity index (χ1v) is 9.24. The number of amides is 1. The Labute approximate surface area is 136 Å². The molecular formula is C17H13NO2S2. The van der Waals surface area contributed by atoms with E-state index in [2.05, 4.69) is 41.4 Å². The molecule has 3 unspecified atom stereocenters. The maximum Gasteiger partial charge on any atom is 0.306 e. The number of aliphatic imine (C=N–C) groups is 1. The van der Waals surface area contributed by atoms with Crippen molar-refractivity contribution in [1.29, 1.82) is 0 Å². The van der Waals surface area contributed by atoms with Crippen LogP contribution in [0.1, 0.15) is 11.5 Å². The average molecular weight is 327 g/mol. The number of fused-ring (bicyclic) bond motifs is 7. The Morgan fingerprint density at radius 1 is 1.18 bits per heavy atom. The molecule has 1 amide bonds. The summed E-state index contributed by atoms with van der Waals surface area (Å²) in [5.41, 5.74) is 1.27. The molecule has 0 aromatic heterocycles. The molecule has 110 valence electrons. The zero-order valence-electron chi connectivity index (χ0n) is 11.7. The Morgan fingerprint density at radius 3 is 3.05 bits per heavy atom. The van der Waals surface area contributed by atoms with E-state index in [9.17, 15) is 4.79 Å². The second-order valence-corrected chi connectivity index (χ2v) is 7.99. The van der Waals surface area contributed by atoms with E-state index in [0.29, 0.717) is 11.8 Å². The van der Waals surface area contributed by atoms with Crippen molar-refractivity contribution in [2.75, 3.05) is 12.4 Å². The van der Waals surface area contributed by atoms with Crippen LogP contribution in [0.15, 0.2) is 41.4 Å². The van der Waals surface area contributed by atoms with Crippen LogP contribution in [0.2, 0.25) is 0 Å². The molecule has 3 aliphatic rings. The summed E-state index contributed by atoms with van der Waals surface area (Å²) < 4.78 is 6.03. The van der Waals surface area contributed by atoms with Gasteiger partial charge in [0.15, 0.2) is 0 Å². The molecule has 0 saturated carbocycles. The van der Waals surface area contributed by atoms with Crippen LogP contribution in [0, 0.1) is 5.92 Å². The highest BCUT2D eigenvalue weighted by Gasteiger charge is 2.47. The van der Waals surface area contributed by atoms with E-state index in [1.54, 1.807) is 11.8 Å². The first-order chi connectivity index (χ1) is 10.8. The fraction of sp³-hybridized carbons (Fsp3) is 0.294. The Hall–Kier alpha value is -1.46. The lowest BCUT2D eigenvalue weighted by Gasteiger charge is -2.40. The fourth-order valence-electron chi connectivity index (χ4n) is 3.70. The van der Waals surface area contributed by atoms with Gasteiger partial charge in [0, 0.05) is 23.2 Å². The van der Waals surface area contributed by atoms with Crippen molar-refractivity contribution in [3.05, 3.63) is 42.0 Å². The number of nitrogens with zero attached hydrogens (tertiary/aromatic N) is 1. The largest absolute Gasteiger partial charge is 0.493 e. The molecule has 1 saturated heterocycles. The predicted octanol–water partition coefficient (Wildman–Crippen LogP) is 4.31. The molecule has 0 aliphatic carbocycles. The van der Waals surface area contributed by atoms with Gasteiger partial charge in [-0.15, -0.1) is 11.8 Å². The fourth-order valence-corrected chi connectivity index (χ4v) is 6.28. The zero-order chi connectivity index (χ0) is 14.7. The van der Waals surface area contributed by atoms with Gasteiger partial charge in [-0.2, -0.15) is 0 Å². The molecule has 1 fully saturated rings. The van der Waals surface area contributed by atoms with E-state index in [1.807, 2.05) is 0 Å². The van der Waals surface area contributed by atoms with Crippen molar-refractivity contribution in [3.8, 4) is 5.75 Å². The van der Waals surface area contributed by atoms with Crippen LogP contribution in [0.3, 0.4) is 0 Å². The van der Waals surface area contributed by atoms with Crippen LogP contribution >= 0.6 is 23.5 Å². The molecule has 0 radical (unpaired) electrons. The maximum absolute atomic E-state index is 11.8. The number of carbonyl (C=O) groups is 1. The number of benzene rings is 2. The van der Waals surface area contributed by atoms with Gasteiger partial charge < -0.3 is 4.74 Å². The average Bonchev–Trinajstić information content (AvgIpc) is 2.94. The highest BCUT2D eigenvalue weighted by atomic mass is 32.2. The van der Waals surface area contributed by atoms with Gasteiger partial charge in [-0.05, 0) is 16.8 Å². The molecule has 3 atom stereocenters. The summed E-state index contributed by atoms with van der Waals surface area (Å²) in [5, 5.41) is 3.63. The zero-order valence-corrected chi connectivity index (χ0v) is 13.3. The van der Waals surface area contributed by atoms with Crippen LogP contribution in [0.4, 0.5) is 4.79 Å². The minimum absolute atomic E-state index is 0.0403. The molecule has 0 bridgehead atoms. The third-order valence-electron chi connectivity index (χ3n) is 4.67. The maximum atomic E-state index is 11.8. The molecule has 3 aliphatic heterocycles. The molecule has 0 spiro atoms. The van der Waals surface area contributed by atoms with E-state index in [4.69, 9.17) is 4.74 Å². The predicted molar refractivity (Wildman–Crippen MR) is 92.3 cm³/mol. The monoisotopic (exact) mass is 327 g/mol. The van der Waals surface area contributed by atoms with Crippen LogP contribution in [-0.2, 0) is 0 Å². The first-order valence-electron chi connectivity index (χ1n) is 7.38. The normalized spacial score (nSPS) is 29.4. The summed E-state index contributed by atoms with van der Waals surface area (Å²) in [5.74, 6) is 2.74. The number of carbonyl (C=O) groups excluding carboxylic acids is 1. The second-order valence-electron chi connectivity index (χ2n) is 5.86. The standard InChI is InChI=1S/C17H13NO2S2/c19-17-18-16-15(22-17)13-10(8-21-16)7-20-12-6-5-9-3-1-2-4-11(9)14(12)13/h1-6,10,13,15H,7-8H2. The van der Waals surface area contributed by atoms with E-state index < -0.39 is 0 Å². The molecule has 2 aromatic carbocycles. The van der Waals surface area contributed by atoms with E-state index in [0.717, 1.165) is 23.2 Å². The number of hydrogen-bond donors (Lipinski definition) is 0. The van der Waals surface area contributed by atoms with E-state index in [-0.39, 0.29) is 10.5 Å². The smallest absolute Gasteiger partial charge is 0.306 e. The molecule has 3 heterocycles. The van der Waals surface area contributed by atoms with Crippen LogP contribution in [0.5, 0.6) is 5.75 Å². The quantitative estimate of drug-likeness (QED) is 0.722. The van der Waals surface area contributed by atoms with Crippen LogP contribution in [0.25, 0.3) is 10.8 Å². The molecule has 5 heteroatoms. The van der Waals surface area contributed by atoms with Crippen molar-refractivity contribution in [1.82, 2.24) is 0 Å². The molecule has 3 nitrogen and oxygen atoms in total. The van der Waals surface area contributed by atoms with Crippen molar-refractivity contribution in [3.63, 3.8) is 0 Å². The van der Waals surface area contributed by atoms with Crippen molar-refractivity contribution < 1.29 is 9.53 Å². The Morgan fingerprint density at radius 2 is 2.09 bits per heavy atom. The van der Waals surface area contributed by atoms with E-state index >= 15 is 0 Å². The first kappa shape index (κ1) is 13.0. The van der Waals surface area contributed by atoms with Gasteiger partial charge in [0.25, 0.3) is 0 Å². The molecule has 5 rings (SSSR count). The molecule has 0 N–H and O–H groups in total. The van der Waals surface area contributed by atoms with E-state index in [1.165, 1.54) is 28.1 Å². The number of hydrogen-bond acceptors (Lipinski definition) is 4. The lowest BCUT2D eigenvalue weighted by molar-refractivity contribution is 0.212. The Bertz CT molecular complexity index is 833. The number of ether oxygens (including phenoxy) is 1. The highest BCUT2D eigenvalue weighted by molar-refractivity contribution is 8.21. The summed E-state index contributed by atoms with van der Waals surface area (Å²) in [6.07, 6.45) is 0. The summed E-state index contributed by atoms with van der Waals surface area (Å²) in [7, 11) is 0. The summed E-state index contributed by atoms with van der Waals surface area (Å²) in [6.45, 7) is 0.738. The van der Waals surface area contributed by atoms with Gasteiger partial charge in [-0.1, -0.05) is 42.1 Å². The number of thioether (sulfide) groups is 2. The highest BCUT2D eigenvalue weighted by Crippen LogP contribution is 2.53. The Balaban J connectivity index is 1.75. The van der Waals surface area contributed by atoms with Crippen LogP contribution < -0.4 is 4.74 Å². The molecular weight excluding hydrogens is 314 g/mol.